The molecule has 0 bridgehead atoms. The van der Waals surface area contributed by atoms with Gasteiger partial charge < -0.3 is 24.4 Å². The highest BCUT2D eigenvalue weighted by Crippen LogP contribution is 2.29. The molecule has 9 nitrogen and oxygen atoms in total. The smallest absolute Gasteiger partial charge is 0.377 e. The van der Waals surface area contributed by atoms with Gasteiger partial charge in [-0.25, -0.2) is 4.79 Å². The van der Waals surface area contributed by atoms with Gasteiger partial charge in [-0.2, -0.15) is 18.2 Å². The summed E-state index contributed by atoms with van der Waals surface area (Å²) in [6, 6.07) is 5.48. The zero-order chi connectivity index (χ0) is 22.7. The van der Waals surface area contributed by atoms with Gasteiger partial charge in [0.25, 0.3) is 5.91 Å². The third-order valence-corrected chi connectivity index (χ3v) is 5.42. The van der Waals surface area contributed by atoms with Crippen LogP contribution in [0.3, 0.4) is 0 Å². The topological polar surface area (TPSA) is 101 Å². The molecule has 0 spiro atoms. The monoisotopic (exact) mass is 453 g/mol. The number of morpholine rings is 1. The predicted molar refractivity (Wildman–Crippen MR) is 105 cm³/mol. The first kappa shape index (κ1) is 22.1. The van der Waals surface area contributed by atoms with E-state index in [-0.39, 0.29) is 35.9 Å². The number of aromatic nitrogens is 2. The first-order valence-electron chi connectivity index (χ1n) is 10.3. The molecule has 0 radical (unpaired) electrons. The van der Waals surface area contributed by atoms with E-state index in [4.69, 9.17) is 4.74 Å². The number of ether oxygens (including phenoxy) is 1. The molecule has 1 N–H and O–H groups in total. The first-order valence-corrected chi connectivity index (χ1v) is 10.3. The molecule has 1 atom stereocenters. The molecular weight excluding hydrogens is 431 g/mol. The number of nitrogens with zero attached hydrogens (tertiary/aromatic N) is 4. The summed E-state index contributed by atoms with van der Waals surface area (Å²) in [7, 11) is 0. The molecule has 32 heavy (non-hydrogen) atoms. The average molecular weight is 453 g/mol. The van der Waals surface area contributed by atoms with Gasteiger partial charge in [0.05, 0.1) is 19.3 Å². The van der Waals surface area contributed by atoms with Crippen LogP contribution in [0.2, 0.25) is 0 Å². The summed E-state index contributed by atoms with van der Waals surface area (Å²) in [5.74, 6) is -2.03. The number of benzene rings is 1. The van der Waals surface area contributed by atoms with E-state index in [2.05, 4.69) is 20.0 Å². The standard InChI is InChI=1S/C20H22F3N5O4/c21-20(22,23)18-25-16(26-32-18)13-3-5-14(6-4-13)17(29)24-11-15-12-31-10-9-28(15)19(30)27-7-1-2-8-27/h3-6,15H,1-2,7-12H2,(H,24,29)/t15-/m1/s1. The van der Waals surface area contributed by atoms with Gasteiger partial charge in [0, 0.05) is 37.3 Å². The van der Waals surface area contributed by atoms with Gasteiger partial charge in [-0.1, -0.05) is 17.3 Å². The van der Waals surface area contributed by atoms with Crippen LogP contribution >= 0.6 is 0 Å². The van der Waals surface area contributed by atoms with Gasteiger partial charge >= 0.3 is 18.1 Å². The molecule has 2 fully saturated rings. The van der Waals surface area contributed by atoms with Crippen LogP contribution in [0.25, 0.3) is 11.4 Å². The molecule has 3 heterocycles. The van der Waals surface area contributed by atoms with Gasteiger partial charge in [-0.05, 0) is 25.0 Å². The van der Waals surface area contributed by atoms with Crippen molar-refractivity contribution < 1.29 is 32.0 Å². The Hall–Kier alpha value is -3.15. The number of halogens is 3. The summed E-state index contributed by atoms with van der Waals surface area (Å²) in [5.41, 5.74) is 0.589. The van der Waals surface area contributed by atoms with Gasteiger partial charge in [-0.3, -0.25) is 4.79 Å². The molecular formula is C20H22F3N5O4. The highest BCUT2D eigenvalue weighted by molar-refractivity contribution is 5.94. The number of carbonyl (C=O) groups excluding carboxylic acids is 2. The number of urea groups is 1. The van der Waals surface area contributed by atoms with Crippen molar-refractivity contribution in [3.8, 4) is 11.4 Å². The molecule has 0 unspecified atom stereocenters. The molecule has 4 rings (SSSR count). The van der Waals surface area contributed by atoms with E-state index in [0.717, 1.165) is 25.9 Å². The van der Waals surface area contributed by atoms with Crippen molar-refractivity contribution in [1.29, 1.82) is 0 Å². The Labute approximate surface area is 181 Å². The Morgan fingerprint density at radius 1 is 1.12 bits per heavy atom. The summed E-state index contributed by atoms with van der Waals surface area (Å²) in [4.78, 5) is 32.2. The maximum atomic E-state index is 12.8. The lowest BCUT2D eigenvalue weighted by Crippen LogP contribution is -2.56. The second-order valence-electron chi connectivity index (χ2n) is 7.61. The Kier molecular flexibility index (Phi) is 6.31. The van der Waals surface area contributed by atoms with Gasteiger partial charge in [0.2, 0.25) is 5.82 Å². The van der Waals surface area contributed by atoms with Crippen LogP contribution in [0.1, 0.15) is 29.1 Å². The van der Waals surface area contributed by atoms with Crippen molar-refractivity contribution in [2.75, 3.05) is 39.4 Å². The van der Waals surface area contributed by atoms with Crippen molar-refractivity contribution in [3.05, 3.63) is 35.7 Å². The van der Waals surface area contributed by atoms with Crippen molar-refractivity contribution in [3.63, 3.8) is 0 Å². The van der Waals surface area contributed by atoms with E-state index < -0.39 is 12.1 Å². The number of rotatable bonds is 4. The van der Waals surface area contributed by atoms with E-state index in [1.807, 2.05) is 4.90 Å². The number of amides is 3. The average Bonchev–Trinajstić information content (AvgIpc) is 3.50. The molecule has 2 saturated heterocycles. The van der Waals surface area contributed by atoms with E-state index in [9.17, 15) is 22.8 Å². The summed E-state index contributed by atoms with van der Waals surface area (Å²) in [6.07, 6.45) is -2.73. The molecule has 1 aromatic carbocycles. The van der Waals surface area contributed by atoms with Crippen LogP contribution in [0.15, 0.2) is 28.8 Å². The van der Waals surface area contributed by atoms with Crippen molar-refractivity contribution in [2.45, 2.75) is 25.1 Å². The molecule has 2 aromatic rings. The second-order valence-corrected chi connectivity index (χ2v) is 7.61. The van der Waals surface area contributed by atoms with Gasteiger partial charge in [0.15, 0.2) is 0 Å². The quantitative estimate of drug-likeness (QED) is 0.763. The lowest BCUT2D eigenvalue weighted by molar-refractivity contribution is -0.159. The summed E-state index contributed by atoms with van der Waals surface area (Å²) < 4.78 is 47.5. The number of nitrogens with one attached hydrogen (secondary N) is 1. The molecule has 172 valence electrons. The molecule has 2 aliphatic heterocycles. The SMILES string of the molecule is O=C(NC[C@@H]1COCCN1C(=O)N1CCCC1)c1ccc(-c2noc(C(F)(F)F)n2)cc1. The molecule has 2 aliphatic rings. The van der Waals surface area contributed by atoms with Crippen LogP contribution in [0.4, 0.5) is 18.0 Å². The molecule has 0 saturated carbocycles. The maximum Gasteiger partial charge on any atom is 0.471 e. The molecule has 12 heteroatoms. The van der Waals surface area contributed by atoms with Crippen LogP contribution in [0, 0.1) is 0 Å². The van der Waals surface area contributed by atoms with Crippen LogP contribution < -0.4 is 5.32 Å². The minimum atomic E-state index is -4.72. The summed E-state index contributed by atoms with van der Waals surface area (Å²) in [5, 5.41) is 6.12. The van der Waals surface area contributed by atoms with Crippen LogP contribution in [-0.2, 0) is 10.9 Å². The number of likely N-dealkylation sites (tertiary alicyclic amines) is 1. The number of alkyl halides is 3. The third kappa shape index (κ3) is 4.85. The molecule has 0 aliphatic carbocycles. The fourth-order valence-corrected chi connectivity index (χ4v) is 3.70. The Morgan fingerprint density at radius 2 is 1.84 bits per heavy atom. The van der Waals surface area contributed by atoms with Crippen molar-refractivity contribution in [1.82, 2.24) is 25.3 Å². The van der Waals surface area contributed by atoms with E-state index in [1.165, 1.54) is 24.3 Å². The largest absolute Gasteiger partial charge is 0.471 e. The second kappa shape index (κ2) is 9.15. The molecule has 1 aromatic heterocycles. The van der Waals surface area contributed by atoms with E-state index in [0.29, 0.717) is 25.3 Å². The maximum absolute atomic E-state index is 12.8. The number of hydrogen-bond donors (Lipinski definition) is 1. The first-order chi connectivity index (χ1) is 15.3. The zero-order valence-corrected chi connectivity index (χ0v) is 17.1. The number of carbonyl (C=O) groups is 2. The Morgan fingerprint density at radius 3 is 2.50 bits per heavy atom. The fourth-order valence-electron chi connectivity index (χ4n) is 3.70. The zero-order valence-electron chi connectivity index (χ0n) is 17.1. The molecule has 3 amide bonds. The lowest BCUT2D eigenvalue weighted by Gasteiger charge is -2.37. The van der Waals surface area contributed by atoms with Crippen LogP contribution in [-0.4, -0.2) is 77.3 Å². The van der Waals surface area contributed by atoms with Gasteiger partial charge in [-0.15, -0.1) is 0 Å². The Balaban J connectivity index is 1.36. The highest BCUT2D eigenvalue weighted by atomic mass is 19.4. The fraction of sp³-hybridized carbons (Fsp3) is 0.500. The highest BCUT2D eigenvalue weighted by Gasteiger charge is 2.38. The predicted octanol–water partition coefficient (Wildman–Crippen LogP) is 2.40. The number of hydrogen-bond acceptors (Lipinski definition) is 6. The van der Waals surface area contributed by atoms with E-state index in [1.54, 1.807) is 4.90 Å². The van der Waals surface area contributed by atoms with Crippen molar-refractivity contribution in [2.24, 2.45) is 0 Å². The summed E-state index contributed by atoms with van der Waals surface area (Å²) >= 11 is 0. The Bertz CT molecular complexity index is 957. The van der Waals surface area contributed by atoms with E-state index >= 15 is 0 Å². The lowest BCUT2D eigenvalue weighted by atomic mass is 10.1. The minimum Gasteiger partial charge on any atom is -0.377 e. The minimum absolute atomic E-state index is 0.0345. The van der Waals surface area contributed by atoms with Crippen molar-refractivity contribution >= 4 is 11.9 Å². The normalized spacial score (nSPS) is 19.3. The third-order valence-electron chi connectivity index (χ3n) is 5.42. The van der Waals surface area contributed by atoms with Crippen LogP contribution in [0.5, 0.6) is 0 Å². The summed E-state index contributed by atoms with van der Waals surface area (Å²) in [6.45, 7) is 2.96. The van der Waals surface area contributed by atoms with Gasteiger partial charge in [0.1, 0.15) is 0 Å².